The number of imidazole rings is 1. The van der Waals surface area contributed by atoms with E-state index in [1.807, 2.05) is 29.7 Å². The van der Waals surface area contributed by atoms with Crippen molar-refractivity contribution >= 4 is 0 Å². The van der Waals surface area contributed by atoms with E-state index in [1.54, 1.807) is 12.5 Å². The first-order valence-electron chi connectivity index (χ1n) is 5.88. The summed E-state index contributed by atoms with van der Waals surface area (Å²) in [5, 5.41) is 0. The molecular weight excluding hydrogens is 230 g/mol. The van der Waals surface area contributed by atoms with Gasteiger partial charge in [-0.15, -0.1) is 0 Å². The molecule has 1 aliphatic rings. The first kappa shape index (κ1) is 11.1. The van der Waals surface area contributed by atoms with Crippen molar-refractivity contribution in [2.75, 3.05) is 6.79 Å². The van der Waals surface area contributed by atoms with Gasteiger partial charge in [0.2, 0.25) is 6.79 Å². The maximum atomic E-state index is 5.90. The second kappa shape index (κ2) is 4.34. The van der Waals surface area contributed by atoms with Crippen LogP contribution in [0.2, 0.25) is 0 Å². The summed E-state index contributed by atoms with van der Waals surface area (Å²) < 4.78 is 12.7. The van der Waals surface area contributed by atoms with Gasteiger partial charge in [0.1, 0.15) is 0 Å². The summed E-state index contributed by atoms with van der Waals surface area (Å²) in [5.41, 5.74) is 8.06. The predicted octanol–water partition coefficient (Wildman–Crippen LogP) is 1.68. The molecule has 2 N–H and O–H groups in total. The zero-order chi connectivity index (χ0) is 12.5. The topological polar surface area (TPSA) is 62.3 Å². The smallest absolute Gasteiger partial charge is 0.231 e. The van der Waals surface area contributed by atoms with Crippen LogP contribution >= 0.6 is 0 Å². The van der Waals surface area contributed by atoms with E-state index < -0.39 is 0 Å². The zero-order valence-electron chi connectivity index (χ0n) is 10.2. The van der Waals surface area contributed by atoms with Crippen molar-refractivity contribution in [3.8, 4) is 11.5 Å². The third-order valence-corrected chi connectivity index (χ3v) is 3.00. The lowest BCUT2D eigenvalue weighted by atomic mass is 10.2. The van der Waals surface area contributed by atoms with E-state index in [4.69, 9.17) is 15.2 Å². The van der Waals surface area contributed by atoms with Crippen LogP contribution in [-0.2, 0) is 6.54 Å². The number of ether oxygens (including phenoxy) is 2. The maximum absolute atomic E-state index is 5.90. The molecular formula is C13H15N3O2. The minimum absolute atomic E-state index is 0.0264. The van der Waals surface area contributed by atoms with Gasteiger partial charge in [-0.25, -0.2) is 4.98 Å². The van der Waals surface area contributed by atoms with Crippen LogP contribution in [-0.4, -0.2) is 16.3 Å². The third-order valence-electron chi connectivity index (χ3n) is 3.00. The van der Waals surface area contributed by atoms with Gasteiger partial charge in [-0.05, 0) is 24.6 Å². The summed E-state index contributed by atoms with van der Waals surface area (Å²) in [6, 6.07) is 5.92. The highest BCUT2D eigenvalue weighted by atomic mass is 16.7. The molecule has 2 heterocycles. The van der Waals surface area contributed by atoms with Crippen molar-refractivity contribution < 1.29 is 9.47 Å². The van der Waals surface area contributed by atoms with Crippen LogP contribution in [0.25, 0.3) is 0 Å². The monoisotopic (exact) mass is 245 g/mol. The second-order valence-corrected chi connectivity index (χ2v) is 4.42. The summed E-state index contributed by atoms with van der Waals surface area (Å²) in [7, 11) is 0. The summed E-state index contributed by atoms with van der Waals surface area (Å²) in [6.45, 7) is 2.98. The highest BCUT2D eigenvalue weighted by Gasteiger charge is 2.14. The molecule has 0 aliphatic carbocycles. The highest BCUT2D eigenvalue weighted by molar-refractivity contribution is 5.44. The number of fused-ring (bicyclic) bond motifs is 1. The van der Waals surface area contributed by atoms with Gasteiger partial charge in [0.25, 0.3) is 0 Å². The van der Waals surface area contributed by atoms with Gasteiger partial charge in [-0.1, -0.05) is 6.07 Å². The van der Waals surface area contributed by atoms with E-state index in [1.165, 1.54) is 0 Å². The zero-order valence-corrected chi connectivity index (χ0v) is 10.2. The van der Waals surface area contributed by atoms with Crippen LogP contribution in [0, 0.1) is 0 Å². The molecule has 0 saturated heterocycles. The molecule has 94 valence electrons. The lowest BCUT2D eigenvalue weighted by Crippen LogP contribution is -2.12. The molecule has 5 nitrogen and oxygen atoms in total. The highest BCUT2D eigenvalue weighted by Crippen LogP contribution is 2.32. The summed E-state index contributed by atoms with van der Waals surface area (Å²) in [4.78, 5) is 4.14. The van der Waals surface area contributed by atoms with Gasteiger partial charge in [0, 0.05) is 18.8 Å². The predicted molar refractivity (Wildman–Crippen MR) is 66.5 cm³/mol. The first-order chi connectivity index (χ1) is 8.74. The Hall–Kier alpha value is -2.01. The van der Waals surface area contributed by atoms with Crippen LogP contribution in [0.4, 0.5) is 0 Å². The number of hydrogen-bond acceptors (Lipinski definition) is 4. The van der Waals surface area contributed by atoms with Crippen molar-refractivity contribution in [1.29, 1.82) is 0 Å². The van der Waals surface area contributed by atoms with E-state index in [-0.39, 0.29) is 6.04 Å². The summed E-state index contributed by atoms with van der Waals surface area (Å²) in [6.07, 6.45) is 3.60. The van der Waals surface area contributed by atoms with Crippen molar-refractivity contribution in [2.24, 2.45) is 5.73 Å². The van der Waals surface area contributed by atoms with E-state index in [0.717, 1.165) is 29.3 Å². The Kier molecular flexibility index (Phi) is 2.68. The lowest BCUT2D eigenvalue weighted by molar-refractivity contribution is 0.174. The molecule has 1 aromatic heterocycles. The van der Waals surface area contributed by atoms with Gasteiger partial charge < -0.3 is 19.8 Å². The quantitative estimate of drug-likeness (QED) is 0.893. The molecule has 0 amide bonds. The normalized spacial score (nSPS) is 14.8. The Morgan fingerprint density at radius 2 is 2.22 bits per heavy atom. The number of benzene rings is 1. The molecule has 0 radical (unpaired) electrons. The molecule has 0 unspecified atom stereocenters. The van der Waals surface area contributed by atoms with Gasteiger partial charge in [-0.2, -0.15) is 0 Å². The van der Waals surface area contributed by atoms with Crippen molar-refractivity contribution in [3.05, 3.63) is 42.0 Å². The lowest BCUT2D eigenvalue weighted by Gasteiger charge is -2.11. The van der Waals surface area contributed by atoms with Crippen molar-refractivity contribution in [1.82, 2.24) is 9.55 Å². The molecule has 1 aromatic carbocycles. The Labute approximate surface area is 105 Å². The third kappa shape index (κ3) is 1.93. The average molecular weight is 245 g/mol. The number of rotatable bonds is 3. The Morgan fingerprint density at radius 3 is 3.06 bits per heavy atom. The fraction of sp³-hybridized carbons (Fsp3) is 0.308. The van der Waals surface area contributed by atoms with Crippen LogP contribution in [0.5, 0.6) is 11.5 Å². The average Bonchev–Trinajstić information content (AvgIpc) is 2.96. The Morgan fingerprint density at radius 1 is 1.39 bits per heavy atom. The van der Waals surface area contributed by atoms with Crippen LogP contribution < -0.4 is 15.2 Å². The molecule has 18 heavy (non-hydrogen) atoms. The second-order valence-electron chi connectivity index (χ2n) is 4.42. The molecule has 0 spiro atoms. The van der Waals surface area contributed by atoms with Crippen LogP contribution in [0.15, 0.2) is 30.7 Å². The Bertz CT molecular complexity index is 563. The van der Waals surface area contributed by atoms with Gasteiger partial charge in [-0.3, -0.25) is 0 Å². The first-order valence-corrected chi connectivity index (χ1v) is 5.88. The SMILES string of the molecule is C[C@@H](N)c1cncn1Cc1ccc2c(c1)OCO2. The van der Waals surface area contributed by atoms with Crippen LogP contribution in [0.1, 0.15) is 24.2 Å². The van der Waals surface area contributed by atoms with Gasteiger partial charge in [0.05, 0.1) is 12.0 Å². The standard InChI is InChI=1S/C13H15N3O2/c1-9(14)11-5-15-7-16(11)6-10-2-3-12-13(4-10)18-8-17-12/h2-5,7,9H,6,8,14H2,1H3/t9-/m1/s1. The molecule has 1 aliphatic heterocycles. The molecule has 0 bridgehead atoms. The molecule has 0 fully saturated rings. The number of nitrogens with two attached hydrogens (primary N) is 1. The summed E-state index contributed by atoms with van der Waals surface area (Å²) in [5.74, 6) is 1.60. The molecule has 1 atom stereocenters. The summed E-state index contributed by atoms with van der Waals surface area (Å²) >= 11 is 0. The van der Waals surface area contributed by atoms with Crippen LogP contribution in [0.3, 0.4) is 0 Å². The number of nitrogens with zero attached hydrogens (tertiary/aromatic N) is 2. The van der Waals surface area contributed by atoms with Gasteiger partial charge >= 0.3 is 0 Å². The Balaban J connectivity index is 1.86. The van der Waals surface area contributed by atoms with E-state index in [9.17, 15) is 0 Å². The largest absolute Gasteiger partial charge is 0.454 e. The van der Waals surface area contributed by atoms with Crippen molar-refractivity contribution in [3.63, 3.8) is 0 Å². The minimum atomic E-state index is -0.0264. The molecule has 3 rings (SSSR count). The number of hydrogen-bond donors (Lipinski definition) is 1. The minimum Gasteiger partial charge on any atom is -0.454 e. The maximum Gasteiger partial charge on any atom is 0.231 e. The van der Waals surface area contributed by atoms with E-state index in [0.29, 0.717) is 6.79 Å². The fourth-order valence-corrected chi connectivity index (χ4v) is 2.08. The number of aromatic nitrogens is 2. The van der Waals surface area contributed by atoms with Crippen molar-refractivity contribution in [2.45, 2.75) is 19.5 Å². The molecule has 2 aromatic rings. The van der Waals surface area contributed by atoms with E-state index >= 15 is 0 Å². The molecule has 5 heteroatoms. The van der Waals surface area contributed by atoms with Gasteiger partial charge in [0.15, 0.2) is 11.5 Å². The van der Waals surface area contributed by atoms with E-state index in [2.05, 4.69) is 4.98 Å². The molecule has 0 saturated carbocycles. The fourth-order valence-electron chi connectivity index (χ4n) is 2.08.